The highest BCUT2D eigenvalue weighted by atomic mass is 19.1. The summed E-state index contributed by atoms with van der Waals surface area (Å²) in [7, 11) is 0. The smallest absolute Gasteiger partial charge is 0.177 e. The summed E-state index contributed by atoms with van der Waals surface area (Å²) < 4.78 is 15.4. The molecule has 3 aromatic heterocycles. The van der Waals surface area contributed by atoms with Crippen LogP contribution in [0.1, 0.15) is 28.5 Å². The number of benzene rings is 1. The Bertz CT molecular complexity index is 1100. The number of aryl methyl sites for hydroxylation is 3. The third-order valence-electron chi connectivity index (χ3n) is 4.12. The van der Waals surface area contributed by atoms with Gasteiger partial charge in [-0.15, -0.1) is 5.10 Å². The van der Waals surface area contributed by atoms with Gasteiger partial charge in [-0.1, -0.05) is 6.07 Å². The summed E-state index contributed by atoms with van der Waals surface area (Å²) >= 11 is 0. The number of fused-ring (bicyclic) bond motifs is 2. The highest BCUT2D eigenvalue weighted by Crippen LogP contribution is 2.18. The summed E-state index contributed by atoms with van der Waals surface area (Å²) in [4.78, 5) is 13.4. The molecule has 124 valence electrons. The highest BCUT2D eigenvalue weighted by molar-refractivity contribution is 5.81. The van der Waals surface area contributed by atoms with E-state index in [1.165, 1.54) is 6.07 Å². The summed E-state index contributed by atoms with van der Waals surface area (Å²) in [5.41, 5.74) is 4.62. The van der Waals surface area contributed by atoms with Crippen molar-refractivity contribution in [3.05, 3.63) is 64.7 Å². The summed E-state index contributed by atoms with van der Waals surface area (Å²) in [6.07, 6.45) is 5.44. The van der Waals surface area contributed by atoms with Crippen molar-refractivity contribution < 1.29 is 4.39 Å². The Morgan fingerprint density at radius 2 is 1.88 bits per heavy atom. The molecule has 0 aliphatic heterocycles. The van der Waals surface area contributed by atoms with E-state index in [0.29, 0.717) is 11.4 Å². The molecule has 0 aliphatic rings. The van der Waals surface area contributed by atoms with Crippen LogP contribution in [0.15, 0.2) is 30.5 Å². The molecule has 6 heteroatoms. The maximum Gasteiger partial charge on any atom is 0.177 e. The minimum atomic E-state index is -0.217. The van der Waals surface area contributed by atoms with Gasteiger partial charge in [0.05, 0.1) is 22.6 Å². The van der Waals surface area contributed by atoms with Crippen LogP contribution in [0.5, 0.6) is 0 Å². The Morgan fingerprint density at radius 3 is 2.68 bits per heavy atom. The third kappa shape index (κ3) is 2.76. The van der Waals surface area contributed by atoms with Gasteiger partial charge in [-0.25, -0.2) is 18.9 Å². The highest BCUT2D eigenvalue weighted by Gasteiger charge is 2.07. The number of aromatic nitrogens is 5. The normalized spacial score (nSPS) is 11.8. The summed E-state index contributed by atoms with van der Waals surface area (Å²) in [6, 6.07) is 6.97. The van der Waals surface area contributed by atoms with E-state index >= 15 is 0 Å². The lowest BCUT2D eigenvalue weighted by Crippen LogP contribution is -1.97. The zero-order valence-corrected chi connectivity index (χ0v) is 14.2. The van der Waals surface area contributed by atoms with Crippen molar-refractivity contribution in [2.24, 2.45) is 0 Å². The fraction of sp³-hybridized carbons (Fsp3) is 0.158. The standard InChI is InChI=1S/C19H16FN5/c1-11-8-17-14(9-16(11)20)4-5-15(22-17)6-7-18-23-19-13(3)21-10-12(2)25(19)24-18/h4-10H,1-3H3/b7-6+. The van der Waals surface area contributed by atoms with Gasteiger partial charge in [0.1, 0.15) is 5.82 Å². The summed E-state index contributed by atoms with van der Waals surface area (Å²) in [6.45, 7) is 5.58. The molecular formula is C19H16FN5. The number of hydrogen-bond acceptors (Lipinski definition) is 4. The van der Waals surface area contributed by atoms with Gasteiger partial charge < -0.3 is 0 Å². The van der Waals surface area contributed by atoms with Crippen molar-refractivity contribution in [1.82, 2.24) is 24.6 Å². The molecule has 4 aromatic rings. The van der Waals surface area contributed by atoms with Crippen LogP contribution >= 0.6 is 0 Å². The lowest BCUT2D eigenvalue weighted by molar-refractivity contribution is 0.620. The molecule has 5 nitrogen and oxygen atoms in total. The van der Waals surface area contributed by atoms with Crippen LogP contribution in [-0.4, -0.2) is 24.6 Å². The van der Waals surface area contributed by atoms with Crippen LogP contribution in [0.4, 0.5) is 4.39 Å². The summed E-state index contributed by atoms with van der Waals surface area (Å²) in [5, 5.41) is 5.26. The van der Waals surface area contributed by atoms with Crippen molar-refractivity contribution in [1.29, 1.82) is 0 Å². The van der Waals surface area contributed by atoms with Gasteiger partial charge in [-0.05, 0) is 56.7 Å². The van der Waals surface area contributed by atoms with E-state index in [2.05, 4.69) is 20.1 Å². The first-order chi connectivity index (χ1) is 12.0. The zero-order chi connectivity index (χ0) is 17.6. The van der Waals surface area contributed by atoms with Crippen LogP contribution in [0.25, 0.3) is 28.7 Å². The molecule has 25 heavy (non-hydrogen) atoms. The van der Waals surface area contributed by atoms with Crippen molar-refractivity contribution in [2.45, 2.75) is 20.8 Å². The number of halogens is 1. The first kappa shape index (κ1) is 15.4. The predicted molar refractivity (Wildman–Crippen MR) is 95.6 cm³/mol. The molecule has 0 fully saturated rings. The first-order valence-electron chi connectivity index (χ1n) is 7.95. The molecule has 0 atom stereocenters. The van der Waals surface area contributed by atoms with Crippen molar-refractivity contribution in [3.8, 4) is 0 Å². The number of nitrogens with zero attached hydrogens (tertiary/aromatic N) is 5. The molecule has 0 N–H and O–H groups in total. The topological polar surface area (TPSA) is 56.0 Å². The van der Waals surface area contributed by atoms with Gasteiger partial charge in [-0.3, -0.25) is 4.98 Å². The molecule has 0 saturated carbocycles. The van der Waals surface area contributed by atoms with Crippen LogP contribution in [0.2, 0.25) is 0 Å². The van der Waals surface area contributed by atoms with E-state index in [9.17, 15) is 4.39 Å². The van der Waals surface area contributed by atoms with E-state index in [1.807, 2.05) is 38.1 Å². The second-order valence-electron chi connectivity index (χ2n) is 6.05. The Labute approximate surface area is 143 Å². The van der Waals surface area contributed by atoms with Crippen molar-refractivity contribution >= 4 is 28.7 Å². The molecule has 0 unspecified atom stereocenters. The van der Waals surface area contributed by atoms with Gasteiger partial charge in [0.15, 0.2) is 11.5 Å². The van der Waals surface area contributed by atoms with Crippen LogP contribution < -0.4 is 0 Å². The van der Waals surface area contributed by atoms with Crippen molar-refractivity contribution in [3.63, 3.8) is 0 Å². The van der Waals surface area contributed by atoms with Gasteiger partial charge >= 0.3 is 0 Å². The van der Waals surface area contributed by atoms with Gasteiger partial charge in [0.25, 0.3) is 0 Å². The number of pyridine rings is 1. The Hall–Kier alpha value is -3.15. The molecule has 0 saturated heterocycles. The molecule has 0 spiro atoms. The zero-order valence-electron chi connectivity index (χ0n) is 14.2. The van der Waals surface area contributed by atoms with Crippen LogP contribution in [-0.2, 0) is 0 Å². The van der Waals surface area contributed by atoms with Crippen LogP contribution in [0.3, 0.4) is 0 Å². The molecule has 4 rings (SSSR count). The fourth-order valence-electron chi connectivity index (χ4n) is 2.70. The Kier molecular flexibility index (Phi) is 3.53. The minimum Gasteiger partial charge on any atom is -0.256 e. The average Bonchev–Trinajstić information content (AvgIpc) is 3.03. The molecule has 1 aromatic carbocycles. The van der Waals surface area contributed by atoms with Gasteiger partial charge in [-0.2, -0.15) is 0 Å². The number of rotatable bonds is 2. The molecule has 0 amide bonds. The molecule has 0 radical (unpaired) electrons. The second kappa shape index (κ2) is 5.73. The molecule has 3 heterocycles. The maximum atomic E-state index is 13.6. The van der Waals surface area contributed by atoms with Crippen molar-refractivity contribution in [2.75, 3.05) is 0 Å². The lowest BCUT2D eigenvalue weighted by Gasteiger charge is -2.02. The van der Waals surface area contributed by atoms with Crippen LogP contribution in [0, 0.1) is 26.6 Å². The second-order valence-corrected chi connectivity index (χ2v) is 6.05. The minimum absolute atomic E-state index is 0.217. The van der Waals surface area contributed by atoms with E-state index in [4.69, 9.17) is 0 Å². The maximum absolute atomic E-state index is 13.6. The third-order valence-corrected chi connectivity index (χ3v) is 4.12. The largest absolute Gasteiger partial charge is 0.256 e. The van der Waals surface area contributed by atoms with Gasteiger partial charge in [0, 0.05) is 11.6 Å². The van der Waals surface area contributed by atoms with E-state index < -0.39 is 0 Å². The SMILES string of the molecule is Cc1cc2nc(/C=C/c3nc4c(C)ncc(C)n4n3)ccc2cc1F. The Balaban J connectivity index is 1.72. The fourth-order valence-corrected chi connectivity index (χ4v) is 2.70. The quantitative estimate of drug-likeness (QED) is 0.558. The van der Waals surface area contributed by atoms with E-state index in [0.717, 1.165) is 33.6 Å². The predicted octanol–water partition coefficient (Wildman–Crippen LogP) is 3.91. The number of hydrogen-bond donors (Lipinski definition) is 0. The monoisotopic (exact) mass is 333 g/mol. The van der Waals surface area contributed by atoms with E-state index in [1.54, 1.807) is 23.7 Å². The molecule has 0 bridgehead atoms. The van der Waals surface area contributed by atoms with Gasteiger partial charge in [0.2, 0.25) is 0 Å². The molecular weight excluding hydrogens is 317 g/mol. The lowest BCUT2D eigenvalue weighted by atomic mass is 10.1. The molecule has 0 aliphatic carbocycles. The Morgan fingerprint density at radius 1 is 1.04 bits per heavy atom. The van der Waals surface area contributed by atoms with E-state index in [-0.39, 0.29) is 5.82 Å². The first-order valence-corrected chi connectivity index (χ1v) is 7.95. The summed E-state index contributed by atoms with van der Waals surface area (Å²) in [5.74, 6) is 0.377. The average molecular weight is 333 g/mol.